The Labute approximate surface area is 99.0 Å². The van der Waals surface area contributed by atoms with E-state index in [0.717, 1.165) is 0 Å². The van der Waals surface area contributed by atoms with Gasteiger partial charge < -0.3 is 15.3 Å². The normalized spacial score (nSPS) is 32.6. The molecule has 3 atom stereocenters. The third kappa shape index (κ3) is 1.77. The van der Waals surface area contributed by atoms with Gasteiger partial charge in [0.05, 0.1) is 5.92 Å². The number of amides is 2. The van der Waals surface area contributed by atoms with E-state index in [4.69, 9.17) is 5.11 Å². The van der Waals surface area contributed by atoms with Crippen LogP contribution in [-0.4, -0.2) is 46.4 Å². The molecule has 6 nitrogen and oxygen atoms in total. The summed E-state index contributed by atoms with van der Waals surface area (Å²) in [6.45, 7) is 4.07. The highest BCUT2D eigenvalue weighted by atomic mass is 16.4. The molecule has 0 saturated carbocycles. The van der Waals surface area contributed by atoms with Crippen molar-refractivity contribution in [1.82, 2.24) is 10.2 Å². The number of nitrogens with zero attached hydrogens (tertiary/aromatic N) is 1. The second-order valence-corrected chi connectivity index (χ2v) is 4.94. The van der Waals surface area contributed by atoms with E-state index in [1.165, 1.54) is 4.90 Å². The summed E-state index contributed by atoms with van der Waals surface area (Å²) in [4.78, 5) is 36.4. The van der Waals surface area contributed by atoms with Gasteiger partial charge in [0, 0.05) is 6.54 Å². The first-order valence-electron chi connectivity index (χ1n) is 5.77. The summed E-state index contributed by atoms with van der Waals surface area (Å²) < 4.78 is 0. The van der Waals surface area contributed by atoms with Gasteiger partial charge in [0.25, 0.3) is 0 Å². The predicted octanol–water partition coefficient (Wildman–Crippen LogP) is -0.557. The first-order valence-corrected chi connectivity index (χ1v) is 5.77. The molecule has 0 bridgehead atoms. The van der Waals surface area contributed by atoms with Gasteiger partial charge in [-0.3, -0.25) is 14.4 Å². The van der Waals surface area contributed by atoms with Gasteiger partial charge in [-0.15, -0.1) is 0 Å². The van der Waals surface area contributed by atoms with E-state index in [1.807, 2.05) is 13.8 Å². The van der Waals surface area contributed by atoms with Gasteiger partial charge in [-0.2, -0.15) is 0 Å². The number of carbonyl (C=O) groups excluding carboxylic acids is 2. The summed E-state index contributed by atoms with van der Waals surface area (Å²) in [5.41, 5.74) is 0. The van der Waals surface area contributed by atoms with Gasteiger partial charge in [0.2, 0.25) is 11.8 Å². The summed E-state index contributed by atoms with van der Waals surface area (Å²) in [5.74, 6) is -2.27. The van der Waals surface area contributed by atoms with Gasteiger partial charge in [0.1, 0.15) is 12.1 Å². The number of carboxylic acid groups (broad SMARTS) is 1. The van der Waals surface area contributed by atoms with Crippen molar-refractivity contribution in [3.05, 3.63) is 0 Å². The zero-order valence-electron chi connectivity index (χ0n) is 9.84. The molecule has 2 amide bonds. The lowest BCUT2D eigenvalue weighted by atomic mass is 9.94. The van der Waals surface area contributed by atoms with Crippen molar-refractivity contribution in [2.24, 2.45) is 11.8 Å². The number of rotatable bonds is 2. The smallest absolute Gasteiger partial charge is 0.309 e. The molecule has 2 heterocycles. The summed E-state index contributed by atoms with van der Waals surface area (Å²) in [6.07, 6.45) is 0.351. The van der Waals surface area contributed by atoms with Crippen LogP contribution in [0.5, 0.6) is 0 Å². The topological polar surface area (TPSA) is 86.7 Å². The summed E-state index contributed by atoms with van der Waals surface area (Å²) >= 11 is 0. The molecule has 2 saturated heterocycles. The monoisotopic (exact) mass is 240 g/mol. The molecule has 2 rings (SSSR count). The summed E-state index contributed by atoms with van der Waals surface area (Å²) in [5, 5.41) is 11.6. The van der Waals surface area contributed by atoms with Crippen LogP contribution in [0.1, 0.15) is 20.3 Å². The molecule has 0 aromatic rings. The second-order valence-electron chi connectivity index (χ2n) is 4.94. The Morgan fingerprint density at radius 3 is 2.65 bits per heavy atom. The highest BCUT2D eigenvalue weighted by Crippen LogP contribution is 2.29. The molecular weight excluding hydrogens is 224 g/mol. The standard InChI is InChI=1S/C11H16N2O4/c1-5(2)7-10(15)13-4-3-6(11(16)17)8(13)9(14)12-7/h5-8H,3-4H2,1-2H3,(H,12,14)(H,16,17)/t6?,7-,8?/m0/s1. The maximum atomic E-state index is 12.1. The van der Waals surface area contributed by atoms with Crippen LogP contribution in [0.3, 0.4) is 0 Å². The van der Waals surface area contributed by atoms with Crippen LogP contribution < -0.4 is 5.32 Å². The molecule has 0 radical (unpaired) electrons. The third-order valence-electron chi connectivity index (χ3n) is 3.50. The first-order chi connectivity index (χ1) is 7.93. The van der Waals surface area contributed by atoms with Crippen LogP contribution in [0.25, 0.3) is 0 Å². The fourth-order valence-corrected chi connectivity index (χ4v) is 2.55. The Morgan fingerprint density at radius 1 is 1.47 bits per heavy atom. The van der Waals surface area contributed by atoms with E-state index in [1.54, 1.807) is 0 Å². The van der Waals surface area contributed by atoms with Gasteiger partial charge in [0.15, 0.2) is 0 Å². The van der Waals surface area contributed by atoms with Crippen molar-refractivity contribution in [2.45, 2.75) is 32.4 Å². The second kappa shape index (κ2) is 4.01. The first kappa shape index (κ1) is 11.9. The minimum Gasteiger partial charge on any atom is -0.481 e. The lowest BCUT2D eigenvalue weighted by Gasteiger charge is -2.37. The van der Waals surface area contributed by atoms with Crippen LogP contribution >= 0.6 is 0 Å². The van der Waals surface area contributed by atoms with Crippen molar-refractivity contribution >= 4 is 17.8 Å². The Balaban J connectivity index is 2.25. The van der Waals surface area contributed by atoms with Crippen LogP contribution in [-0.2, 0) is 14.4 Å². The highest BCUT2D eigenvalue weighted by Gasteiger charge is 2.51. The van der Waals surface area contributed by atoms with Crippen molar-refractivity contribution in [3.63, 3.8) is 0 Å². The molecule has 2 N–H and O–H groups in total. The molecule has 2 aliphatic rings. The number of hydrogen-bond acceptors (Lipinski definition) is 3. The maximum absolute atomic E-state index is 12.1. The predicted molar refractivity (Wildman–Crippen MR) is 58.0 cm³/mol. The van der Waals surface area contributed by atoms with E-state index < -0.39 is 24.0 Å². The zero-order chi connectivity index (χ0) is 12.7. The number of carboxylic acids is 1. The molecule has 94 valence electrons. The number of fused-ring (bicyclic) bond motifs is 1. The summed E-state index contributed by atoms with van der Waals surface area (Å²) in [7, 11) is 0. The lowest BCUT2D eigenvalue weighted by Crippen LogP contribution is -2.64. The fraction of sp³-hybridized carbons (Fsp3) is 0.727. The average molecular weight is 240 g/mol. The Hall–Kier alpha value is -1.59. The fourth-order valence-electron chi connectivity index (χ4n) is 2.55. The molecule has 2 fully saturated rings. The number of carbonyl (C=O) groups is 3. The third-order valence-corrected chi connectivity index (χ3v) is 3.50. The van der Waals surface area contributed by atoms with Crippen molar-refractivity contribution in [2.75, 3.05) is 6.54 Å². The van der Waals surface area contributed by atoms with Crippen molar-refractivity contribution < 1.29 is 19.5 Å². The SMILES string of the molecule is CC(C)[C@@H]1NC(=O)C2C(C(=O)O)CCN2C1=O. The van der Waals surface area contributed by atoms with Crippen LogP contribution in [0.4, 0.5) is 0 Å². The molecule has 0 aromatic heterocycles. The zero-order valence-corrected chi connectivity index (χ0v) is 9.84. The maximum Gasteiger partial charge on any atom is 0.309 e. The van der Waals surface area contributed by atoms with E-state index in [2.05, 4.69) is 5.32 Å². The van der Waals surface area contributed by atoms with Gasteiger partial charge in [-0.05, 0) is 12.3 Å². The molecule has 0 aliphatic carbocycles. The van der Waals surface area contributed by atoms with E-state index >= 15 is 0 Å². The molecule has 0 aromatic carbocycles. The van der Waals surface area contributed by atoms with Crippen molar-refractivity contribution in [3.8, 4) is 0 Å². The number of piperazine rings is 1. The molecule has 2 aliphatic heterocycles. The largest absolute Gasteiger partial charge is 0.481 e. The van der Waals surface area contributed by atoms with E-state index in [0.29, 0.717) is 13.0 Å². The number of nitrogens with one attached hydrogen (secondary N) is 1. The molecule has 17 heavy (non-hydrogen) atoms. The Bertz CT molecular complexity index is 380. The van der Waals surface area contributed by atoms with Gasteiger partial charge in [-0.1, -0.05) is 13.8 Å². The molecular formula is C11H16N2O4. The average Bonchev–Trinajstić information content (AvgIpc) is 2.67. The Morgan fingerprint density at radius 2 is 2.12 bits per heavy atom. The van der Waals surface area contributed by atoms with Gasteiger partial charge >= 0.3 is 5.97 Å². The van der Waals surface area contributed by atoms with E-state index in [9.17, 15) is 14.4 Å². The molecule has 0 spiro atoms. The van der Waals surface area contributed by atoms with Crippen LogP contribution in [0.15, 0.2) is 0 Å². The summed E-state index contributed by atoms with van der Waals surface area (Å²) in [6, 6.07) is -1.35. The minimum absolute atomic E-state index is 0.0104. The quantitative estimate of drug-likeness (QED) is 0.677. The number of hydrogen-bond donors (Lipinski definition) is 2. The molecule has 2 unspecified atom stereocenters. The van der Waals surface area contributed by atoms with Crippen molar-refractivity contribution in [1.29, 1.82) is 0 Å². The van der Waals surface area contributed by atoms with Crippen LogP contribution in [0, 0.1) is 11.8 Å². The Kier molecular flexibility index (Phi) is 2.81. The number of aliphatic carboxylic acids is 1. The minimum atomic E-state index is -1.01. The highest BCUT2D eigenvalue weighted by molar-refractivity contribution is 6.00. The van der Waals surface area contributed by atoms with Gasteiger partial charge in [-0.25, -0.2) is 0 Å². The van der Waals surface area contributed by atoms with E-state index in [-0.39, 0.29) is 17.7 Å². The lowest BCUT2D eigenvalue weighted by molar-refractivity contribution is -0.153. The van der Waals surface area contributed by atoms with Crippen LogP contribution in [0.2, 0.25) is 0 Å². The molecule has 6 heteroatoms.